The smallest absolute Gasteiger partial charge is 0.344 e. The third-order valence-electron chi connectivity index (χ3n) is 3.30. The van der Waals surface area contributed by atoms with Gasteiger partial charge in [0.2, 0.25) is 0 Å². The van der Waals surface area contributed by atoms with Crippen LogP contribution in [0.25, 0.3) is 6.08 Å². The number of aliphatic carboxylic acids is 2. The molecule has 1 amide bonds. The summed E-state index contributed by atoms with van der Waals surface area (Å²) in [5.74, 6) is -2.21. The predicted molar refractivity (Wildman–Crippen MR) is 98.2 cm³/mol. The van der Waals surface area contributed by atoms with Gasteiger partial charge in [-0.15, -0.1) is 0 Å². The molecule has 10 heteroatoms. The molecule has 1 heterocycles. The van der Waals surface area contributed by atoms with Crippen LogP contribution in [0, 0.1) is 0 Å². The van der Waals surface area contributed by atoms with E-state index in [4.69, 9.17) is 31.9 Å². The lowest BCUT2D eigenvalue weighted by Gasteiger charge is -2.14. The zero-order valence-corrected chi connectivity index (χ0v) is 15.4. The van der Waals surface area contributed by atoms with Crippen molar-refractivity contribution in [3.05, 3.63) is 28.7 Å². The highest BCUT2D eigenvalue weighted by atomic mass is 32.2. The van der Waals surface area contributed by atoms with Gasteiger partial charge >= 0.3 is 11.9 Å². The molecule has 0 saturated carbocycles. The van der Waals surface area contributed by atoms with Crippen molar-refractivity contribution in [1.29, 1.82) is 0 Å². The molecule has 8 nitrogen and oxygen atoms in total. The minimum Gasteiger partial charge on any atom is -0.493 e. The third-order valence-corrected chi connectivity index (χ3v) is 4.68. The fourth-order valence-corrected chi connectivity index (χ4v) is 3.29. The maximum Gasteiger partial charge on any atom is 0.344 e. The molecule has 26 heavy (non-hydrogen) atoms. The number of nitrogens with zero attached hydrogens (tertiary/aromatic N) is 1. The Bertz CT molecular complexity index is 806. The third kappa shape index (κ3) is 4.52. The van der Waals surface area contributed by atoms with Gasteiger partial charge < -0.3 is 19.7 Å². The van der Waals surface area contributed by atoms with Crippen LogP contribution in [-0.2, 0) is 14.4 Å². The molecule has 1 fully saturated rings. The summed E-state index contributed by atoms with van der Waals surface area (Å²) < 4.78 is 10.7. The number of thioether (sulfide) groups is 1. The molecule has 2 rings (SSSR count). The quantitative estimate of drug-likeness (QED) is 0.525. The zero-order chi connectivity index (χ0) is 19.4. The van der Waals surface area contributed by atoms with E-state index in [0.717, 1.165) is 16.7 Å². The van der Waals surface area contributed by atoms with Crippen LogP contribution in [0.1, 0.15) is 12.5 Å². The van der Waals surface area contributed by atoms with Crippen molar-refractivity contribution in [3.8, 4) is 11.5 Å². The number of carboxylic acid groups (broad SMARTS) is 2. The number of carboxylic acids is 2. The summed E-state index contributed by atoms with van der Waals surface area (Å²) >= 11 is 6.04. The van der Waals surface area contributed by atoms with Gasteiger partial charge in [0.15, 0.2) is 17.6 Å². The standard InChI is InChI=1S/C16H15NO7S2/c1-8(15(21)22)24-10-4-3-9(5-11(10)23-2)6-12-14(20)17(7-13(18)19)16(25)26-12/h3-6,8H,7H2,1-2H3,(H,18,19)(H,21,22)/b12-6+/t8-/m1/s1. The molecule has 2 N–H and O–H groups in total. The first kappa shape index (κ1) is 19.7. The van der Waals surface area contributed by atoms with Crippen LogP contribution in [0.4, 0.5) is 0 Å². The van der Waals surface area contributed by atoms with Crippen molar-refractivity contribution >= 4 is 52.2 Å². The largest absolute Gasteiger partial charge is 0.493 e. The number of carbonyl (C=O) groups excluding carboxylic acids is 1. The Morgan fingerprint density at radius 1 is 1.35 bits per heavy atom. The highest BCUT2D eigenvalue weighted by molar-refractivity contribution is 8.26. The molecule has 1 aromatic carbocycles. The van der Waals surface area contributed by atoms with Crippen molar-refractivity contribution in [3.63, 3.8) is 0 Å². The van der Waals surface area contributed by atoms with Crippen LogP contribution < -0.4 is 9.47 Å². The fourth-order valence-electron chi connectivity index (χ4n) is 2.04. The first-order chi connectivity index (χ1) is 12.2. The predicted octanol–water partition coefficient (Wildman–Crippen LogP) is 1.83. The zero-order valence-electron chi connectivity index (χ0n) is 13.8. The minimum absolute atomic E-state index is 0.172. The van der Waals surface area contributed by atoms with E-state index in [1.165, 1.54) is 20.1 Å². The van der Waals surface area contributed by atoms with Crippen molar-refractivity contribution in [2.45, 2.75) is 13.0 Å². The summed E-state index contributed by atoms with van der Waals surface area (Å²) in [7, 11) is 1.41. The Morgan fingerprint density at radius 3 is 2.62 bits per heavy atom. The highest BCUT2D eigenvalue weighted by Gasteiger charge is 2.33. The molecule has 1 saturated heterocycles. The second-order valence-electron chi connectivity index (χ2n) is 5.17. The lowest BCUT2D eigenvalue weighted by molar-refractivity contribution is -0.144. The highest BCUT2D eigenvalue weighted by Crippen LogP contribution is 2.34. The van der Waals surface area contributed by atoms with E-state index >= 15 is 0 Å². The summed E-state index contributed by atoms with van der Waals surface area (Å²) in [4.78, 5) is 35.3. The van der Waals surface area contributed by atoms with Gasteiger partial charge in [-0.1, -0.05) is 30.0 Å². The van der Waals surface area contributed by atoms with Crippen molar-refractivity contribution in [2.24, 2.45) is 0 Å². The van der Waals surface area contributed by atoms with Gasteiger partial charge in [0.25, 0.3) is 5.91 Å². The minimum atomic E-state index is -1.15. The normalized spacial score (nSPS) is 16.7. The van der Waals surface area contributed by atoms with Crippen LogP contribution in [0.2, 0.25) is 0 Å². The average Bonchev–Trinajstić information content (AvgIpc) is 2.83. The molecular formula is C16H15NO7S2. The van der Waals surface area contributed by atoms with Crippen LogP contribution >= 0.6 is 24.0 Å². The number of thiocarbonyl (C=S) groups is 1. The summed E-state index contributed by atoms with van der Waals surface area (Å²) in [6, 6.07) is 4.73. The summed E-state index contributed by atoms with van der Waals surface area (Å²) in [5.41, 5.74) is 0.591. The second-order valence-corrected chi connectivity index (χ2v) is 6.85. The van der Waals surface area contributed by atoms with Gasteiger partial charge in [-0.25, -0.2) is 4.79 Å². The van der Waals surface area contributed by atoms with E-state index in [9.17, 15) is 14.4 Å². The Morgan fingerprint density at radius 2 is 2.04 bits per heavy atom. The number of ether oxygens (including phenoxy) is 2. The Hall–Kier alpha value is -2.59. The number of amides is 1. The van der Waals surface area contributed by atoms with Crippen LogP contribution in [0.15, 0.2) is 23.1 Å². The van der Waals surface area contributed by atoms with Crippen LogP contribution in [-0.4, -0.2) is 57.0 Å². The maximum absolute atomic E-state index is 12.3. The van der Waals surface area contributed by atoms with E-state index < -0.39 is 30.5 Å². The molecule has 0 aromatic heterocycles. The molecule has 1 aliphatic heterocycles. The monoisotopic (exact) mass is 397 g/mol. The molecule has 0 bridgehead atoms. The number of carbonyl (C=O) groups is 3. The van der Waals surface area contributed by atoms with E-state index in [2.05, 4.69) is 0 Å². The van der Waals surface area contributed by atoms with Gasteiger partial charge in [-0.3, -0.25) is 14.5 Å². The van der Waals surface area contributed by atoms with Crippen LogP contribution in [0.3, 0.4) is 0 Å². The van der Waals surface area contributed by atoms with Crippen molar-refractivity contribution in [2.75, 3.05) is 13.7 Å². The van der Waals surface area contributed by atoms with E-state index in [1.807, 2.05) is 0 Å². The molecule has 1 aromatic rings. The number of methoxy groups -OCH3 is 1. The Balaban J connectivity index is 2.25. The Labute approximate surface area is 158 Å². The lowest BCUT2D eigenvalue weighted by Crippen LogP contribution is -2.33. The van der Waals surface area contributed by atoms with Crippen LogP contribution in [0.5, 0.6) is 11.5 Å². The van der Waals surface area contributed by atoms with Gasteiger partial charge in [0.05, 0.1) is 12.0 Å². The first-order valence-corrected chi connectivity index (χ1v) is 8.50. The van der Waals surface area contributed by atoms with E-state index in [-0.39, 0.29) is 15.0 Å². The van der Waals surface area contributed by atoms with E-state index in [0.29, 0.717) is 11.3 Å². The molecule has 138 valence electrons. The number of hydrogen-bond donors (Lipinski definition) is 2. The molecule has 0 aliphatic carbocycles. The summed E-state index contributed by atoms with van der Waals surface area (Å²) in [6.07, 6.45) is 0.496. The summed E-state index contributed by atoms with van der Waals surface area (Å²) in [6.45, 7) is 0.897. The van der Waals surface area contributed by atoms with Gasteiger partial charge in [0, 0.05) is 0 Å². The Kier molecular flexibility index (Phi) is 6.22. The van der Waals surface area contributed by atoms with E-state index in [1.54, 1.807) is 18.2 Å². The lowest BCUT2D eigenvalue weighted by atomic mass is 10.2. The van der Waals surface area contributed by atoms with Gasteiger partial charge in [-0.2, -0.15) is 0 Å². The fraction of sp³-hybridized carbons (Fsp3) is 0.250. The number of benzene rings is 1. The topological polar surface area (TPSA) is 113 Å². The molecule has 1 aliphatic rings. The maximum atomic E-state index is 12.3. The summed E-state index contributed by atoms with van der Waals surface area (Å²) in [5, 5.41) is 17.8. The first-order valence-electron chi connectivity index (χ1n) is 7.27. The second kappa shape index (κ2) is 8.19. The molecule has 0 unspecified atom stereocenters. The molecule has 1 atom stereocenters. The van der Waals surface area contributed by atoms with Gasteiger partial charge in [0.1, 0.15) is 10.9 Å². The van der Waals surface area contributed by atoms with Crippen molar-refractivity contribution in [1.82, 2.24) is 4.90 Å². The van der Waals surface area contributed by atoms with Gasteiger partial charge in [-0.05, 0) is 30.7 Å². The molecule has 0 spiro atoms. The number of rotatable bonds is 7. The SMILES string of the molecule is COc1cc(/C=C2/SC(=S)N(CC(=O)O)C2=O)ccc1O[C@H](C)C(=O)O. The molecular weight excluding hydrogens is 382 g/mol. The molecule has 0 radical (unpaired) electrons. The number of hydrogen-bond acceptors (Lipinski definition) is 7. The van der Waals surface area contributed by atoms with Crippen molar-refractivity contribution < 1.29 is 34.1 Å². The average molecular weight is 397 g/mol.